The number of aryl methyl sites for hydroxylation is 1. The zero-order chi connectivity index (χ0) is 24.1. The van der Waals surface area contributed by atoms with E-state index < -0.39 is 17.8 Å². The summed E-state index contributed by atoms with van der Waals surface area (Å²) >= 11 is 0. The van der Waals surface area contributed by atoms with Gasteiger partial charge in [-0.15, -0.1) is 5.10 Å². The zero-order valence-corrected chi connectivity index (χ0v) is 19.2. The average Bonchev–Trinajstić information content (AvgIpc) is 3.26. The molecule has 2 aliphatic heterocycles. The number of pyridine rings is 1. The monoisotopic (exact) mass is 473 g/mol. The molecule has 10 heteroatoms. The number of benzene rings is 1. The van der Waals surface area contributed by atoms with E-state index in [0.29, 0.717) is 28.5 Å². The summed E-state index contributed by atoms with van der Waals surface area (Å²) in [5.74, 6) is 0.973. The maximum atomic E-state index is 13.2. The van der Waals surface area contributed by atoms with Crippen LogP contribution in [-0.2, 0) is 10.9 Å². The highest BCUT2D eigenvalue weighted by atomic mass is 19.4. The molecular formula is C24H26F3N5O2. The third kappa shape index (κ3) is 4.00. The van der Waals surface area contributed by atoms with E-state index in [1.54, 1.807) is 20.1 Å². The molecule has 34 heavy (non-hydrogen) atoms. The highest BCUT2D eigenvalue weighted by molar-refractivity contribution is 5.93. The molecule has 2 fully saturated rings. The predicted octanol–water partition coefficient (Wildman–Crippen LogP) is 4.76. The maximum absolute atomic E-state index is 13.2. The van der Waals surface area contributed by atoms with Crippen molar-refractivity contribution in [2.24, 2.45) is 5.41 Å². The standard InChI is InChI=1S/C24H26F3N5O2/c1-14(16-5-4-6-17(9-16)24(25,26)27)28-21-18-10-19(32-8-7-23(11-32)12-34-13-23)22(33-3)29-20(18)15(2)30-31-21/h4-6,9-10,14H,7-8,11-13H2,1-3H3,(H,28,31)/t14-/m1/s1. The van der Waals surface area contributed by atoms with Crippen molar-refractivity contribution in [1.82, 2.24) is 15.2 Å². The van der Waals surface area contributed by atoms with Crippen molar-refractivity contribution in [1.29, 1.82) is 0 Å². The van der Waals surface area contributed by atoms with Crippen molar-refractivity contribution in [3.05, 3.63) is 47.2 Å². The topological polar surface area (TPSA) is 72.4 Å². The fourth-order valence-corrected chi connectivity index (χ4v) is 4.69. The van der Waals surface area contributed by atoms with Crippen LogP contribution in [-0.4, -0.2) is 48.6 Å². The molecule has 0 unspecified atom stereocenters. The summed E-state index contributed by atoms with van der Waals surface area (Å²) in [6, 6.07) is 6.84. The molecule has 0 bridgehead atoms. The predicted molar refractivity (Wildman–Crippen MR) is 122 cm³/mol. The number of fused-ring (bicyclic) bond motifs is 1. The van der Waals surface area contributed by atoms with Gasteiger partial charge in [-0.2, -0.15) is 18.3 Å². The molecule has 180 valence electrons. The summed E-state index contributed by atoms with van der Waals surface area (Å²) in [6.45, 7) is 6.86. The number of rotatable bonds is 5. The Morgan fingerprint density at radius 1 is 1.21 bits per heavy atom. The second-order valence-electron chi connectivity index (χ2n) is 9.20. The van der Waals surface area contributed by atoms with Crippen LogP contribution in [0.5, 0.6) is 5.88 Å². The van der Waals surface area contributed by atoms with Gasteiger partial charge in [0.15, 0.2) is 5.82 Å². The van der Waals surface area contributed by atoms with E-state index in [9.17, 15) is 13.2 Å². The van der Waals surface area contributed by atoms with Crippen LogP contribution in [0.1, 0.15) is 36.2 Å². The van der Waals surface area contributed by atoms with Gasteiger partial charge in [0.25, 0.3) is 0 Å². The summed E-state index contributed by atoms with van der Waals surface area (Å²) < 4.78 is 50.6. The molecule has 7 nitrogen and oxygen atoms in total. The number of halogens is 3. The molecule has 2 aliphatic rings. The van der Waals surface area contributed by atoms with Crippen LogP contribution in [0.2, 0.25) is 0 Å². The summed E-state index contributed by atoms with van der Waals surface area (Å²) in [6.07, 6.45) is -3.36. The van der Waals surface area contributed by atoms with Gasteiger partial charge in [-0.1, -0.05) is 12.1 Å². The molecule has 1 atom stereocenters. The molecule has 3 aromatic rings. The minimum Gasteiger partial charge on any atom is -0.480 e. The number of nitrogens with one attached hydrogen (secondary N) is 1. The zero-order valence-electron chi connectivity index (χ0n) is 19.2. The van der Waals surface area contributed by atoms with E-state index in [-0.39, 0.29) is 5.41 Å². The third-order valence-electron chi connectivity index (χ3n) is 6.72. The Hall–Kier alpha value is -3.14. The smallest absolute Gasteiger partial charge is 0.416 e. The minimum absolute atomic E-state index is 0.186. The van der Waals surface area contributed by atoms with Crippen molar-refractivity contribution < 1.29 is 22.6 Å². The lowest BCUT2D eigenvalue weighted by Gasteiger charge is -2.37. The molecule has 1 spiro atoms. The highest BCUT2D eigenvalue weighted by Gasteiger charge is 2.45. The number of hydrogen-bond acceptors (Lipinski definition) is 7. The van der Waals surface area contributed by atoms with Crippen molar-refractivity contribution in [2.45, 2.75) is 32.5 Å². The number of ether oxygens (including phenoxy) is 2. The van der Waals surface area contributed by atoms with Crippen molar-refractivity contribution in [2.75, 3.05) is 43.6 Å². The Bertz CT molecular complexity index is 1230. The second-order valence-corrected chi connectivity index (χ2v) is 9.20. The number of methoxy groups -OCH3 is 1. The SMILES string of the molecule is COc1nc2c(C)nnc(N[C@H](C)c3cccc(C(F)(F)F)c3)c2cc1N1CCC2(COC2)C1. The largest absolute Gasteiger partial charge is 0.480 e. The van der Waals surface area contributed by atoms with Crippen molar-refractivity contribution in [3.63, 3.8) is 0 Å². The first-order chi connectivity index (χ1) is 16.2. The molecule has 1 aromatic carbocycles. The molecule has 5 rings (SSSR count). The molecule has 1 N–H and O–H groups in total. The summed E-state index contributed by atoms with van der Waals surface area (Å²) in [5.41, 5.74) is 2.14. The van der Waals surface area contributed by atoms with Gasteiger partial charge in [-0.25, -0.2) is 4.98 Å². The lowest BCUT2D eigenvalue weighted by Crippen LogP contribution is -2.44. The first kappa shape index (κ1) is 22.6. The molecule has 2 saturated heterocycles. The van der Waals surface area contributed by atoms with Gasteiger partial charge < -0.3 is 19.7 Å². The van der Waals surface area contributed by atoms with Crippen molar-refractivity contribution in [3.8, 4) is 5.88 Å². The summed E-state index contributed by atoms with van der Waals surface area (Å²) in [4.78, 5) is 6.98. The molecule has 0 saturated carbocycles. The van der Waals surface area contributed by atoms with Gasteiger partial charge in [-0.05, 0) is 44.0 Å². The summed E-state index contributed by atoms with van der Waals surface area (Å²) in [7, 11) is 1.59. The van der Waals surface area contributed by atoms with Gasteiger partial charge in [-0.3, -0.25) is 0 Å². The van der Waals surface area contributed by atoms with E-state index in [4.69, 9.17) is 14.5 Å². The van der Waals surface area contributed by atoms with Gasteiger partial charge in [0.05, 0.1) is 37.6 Å². The van der Waals surface area contributed by atoms with E-state index in [0.717, 1.165) is 55.9 Å². The number of nitrogens with zero attached hydrogens (tertiary/aromatic N) is 4. The van der Waals surface area contributed by atoms with Gasteiger partial charge >= 0.3 is 6.18 Å². The maximum Gasteiger partial charge on any atom is 0.416 e. The number of hydrogen-bond donors (Lipinski definition) is 1. The Balaban J connectivity index is 1.51. The van der Waals surface area contributed by atoms with Gasteiger partial charge in [0, 0.05) is 23.9 Å². The Morgan fingerprint density at radius 2 is 2.00 bits per heavy atom. The minimum atomic E-state index is -4.40. The molecular weight excluding hydrogens is 447 g/mol. The second kappa shape index (κ2) is 8.26. The highest BCUT2D eigenvalue weighted by Crippen LogP contribution is 2.43. The number of anilines is 2. The fraction of sp³-hybridized carbons (Fsp3) is 0.458. The van der Waals surface area contributed by atoms with Crippen LogP contribution in [0.4, 0.5) is 24.7 Å². The lowest BCUT2D eigenvalue weighted by atomic mass is 9.85. The average molecular weight is 473 g/mol. The molecule has 4 heterocycles. The lowest BCUT2D eigenvalue weighted by molar-refractivity contribution is -0.137. The number of aromatic nitrogens is 3. The van der Waals surface area contributed by atoms with E-state index in [1.165, 1.54) is 6.07 Å². The molecule has 0 aliphatic carbocycles. The van der Waals surface area contributed by atoms with Crippen LogP contribution in [0.25, 0.3) is 10.9 Å². The van der Waals surface area contributed by atoms with Crippen LogP contribution < -0.4 is 15.0 Å². The van der Waals surface area contributed by atoms with Gasteiger partial charge in [0.1, 0.15) is 11.2 Å². The molecule has 2 aromatic heterocycles. The van der Waals surface area contributed by atoms with Crippen LogP contribution in [0, 0.1) is 12.3 Å². The van der Waals surface area contributed by atoms with E-state index in [1.807, 2.05) is 13.0 Å². The fourth-order valence-electron chi connectivity index (χ4n) is 4.69. The van der Waals surface area contributed by atoms with Crippen LogP contribution >= 0.6 is 0 Å². The van der Waals surface area contributed by atoms with E-state index in [2.05, 4.69) is 20.4 Å². The third-order valence-corrected chi connectivity index (χ3v) is 6.72. The quantitative estimate of drug-likeness (QED) is 0.573. The number of alkyl halides is 3. The molecule has 0 radical (unpaired) electrons. The Labute approximate surface area is 195 Å². The van der Waals surface area contributed by atoms with Gasteiger partial charge in [0.2, 0.25) is 5.88 Å². The molecule has 0 amide bonds. The van der Waals surface area contributed by atoms with Crippen molar-refractivity contribution >= 4 is 22.4 Å². The Kier molecular flexibility index (Phi) is 5.50. The first-order valence-electron chi connectivity index (χ1n) is 11.2. The Morgan fingerprint density at radius 3 is 2.65 bits per heavy atom. The van der Waals surface area contributed by atoms with Crippen LogP contribution in [0.3, 0.4) is 0 Å². The first-order valence-corrected chi connectivity index (χ1v) is 11.2. The van der Waals surface area contributed by atoms with E-state index >= 15 is 0 Å². The summed E-state index contributed by atoms with van der Waals surface area (Å²) in [5, 5.41) is 12.5. The normalized spacial score (nSPS) is 18.2. The van der Waals surface area contributed by atoms with Crippen LogP contribution in [0.15, 0.2) is 30.3 Å².